The third-order valence-corrected chi connectivity index (χ3v) is 2.65. The fourth-order valence-electron chi connectivity index (χ4n) is 1.68. The second-order valence-corrected chi connectivity index (χ2v) is 3.95. The van der Waals surface area contributed by atoms with E-state index in [1.807, 2.05) is 19.9 Å². The fraction of sp³-hybridized carbons (Fsp3) is 0.286. The Labute approximate surface area is 106 Å². The van der Waals surface area contributed by atoms with Crippen molar-refractivity contribution < 1.29 is 13.5 Å². The number of aryl methyl sites for hydroxylation is 1. The van der Waals surface area contributed by atoms with Gasteiger partial charge in [-0.25, -0.2) is 4.39 Å². The first-order valence-electron chi connectivity index (χ1n) is 5.90. The Morgan fingerprint density at radius 2 is 2.17 bits per heavy atom. The van der Waals surface area contributed by atoms with Gasteiger partial charge in [-0.15, -0.1) is 0 Å². The van der Waals surface area contributed by atoms with Gasteiger partial charge in [0.25, 0.3) is 0 Å². The number of halogens is 1. The van der Waals surface area contributed by atoms with Crippen molar-refractivity contribution in [3.63, 3.8) is 0 Å². The van der Waals surface area contributed by atoms with Gasteiger partial charge in [-0.1, -0.05) is 0 Å². The van der Waals surface area contributed by atoms with Crippen molar-refractivity contribution in [3.8, 4) is 5.75 Å². The summed E-state index contributed by atoms with van der Waals surface area (Å²) in [5, 5.41) is 3.18. The summed E-state index contributed by atoms with van der Waals surface area (Å²) >= 11 is 0. The van der Waals surface area contributed by atoms with Gasteiger partial charge in [0.1, 0.15) is 17.3 Å². The van der Waals surface area contributed by atoms with Crippen molar-refractivity contribution >= 4 is 5.69 Å². The summed E-state index contributed by atoms with van der Waals surface area (Å²) in [6.07, 6.45) is 1.65. The first-order chi connectivity index (χ1) is 8.70. The number of nitrogens with one attached hydrogen (secondary N) is 1. The molecule has 0 bridgehead atoms. The molecule has 0 aliphatic carbocycles. The van der Waals surface area contributed by atoms with Gasteiger partial charge < -0.3 is 14.5 Å². The lowest BCUT2D eigenvalue weighted by molar-refractivity contribution is 0.339. The molecule has 1 aromatic carbocycles. The number of hydrogen-bond donors (Lipinski definition) is 1. The van der Waals surface area contributed by atoms with Crippen LogP contribution >= 0.6 is 0 Å². The Hall–Kier alpha value is -1.97. The molecule has 1 N–H and O–H groups in total. The molecule has 0 aliphatic heterocycles. The first-order valence-corrected chi connectivity index (χ1v) is 5.90. The van der Waals surface area contributed by atoms with E-state index in [4.69, 9.17) is 9.15 Å². The zero-order valence-corrected chi connectivity index (χ0v) is 10.5. The van der Waals surface area contributed by atoms with E-state index in [2.05, 4.69) is 5.32 Å². The molecule has 0 atom stereocenters. The minimum absolute atomic E-state index is 0.307. The molecule has 1 aromatic heterocycles. The molecule has 0 saturated heterocycles. The van der Waals surface area contributed by atoms with Crippen molar-refractivity contribution in [1.82, 2.24) is 0 Å². The minimum Gasteiger partial charge on any atom is -0.492 e. The number of hydrogen-bond acceptors (Lipinski definition) is 3. The third kappa shape index (κ3) is 2.83. The third-order valence-electron chi connectivity index (χ3n) is 2.65. The van der Waals surface area contributed by atoms with Crippen LogP contribution in [0.25, 0.3) is 0 Å². The smallest absolute Gasteiger partial charge is 0.145 e. The van der Waals surface area contributed by atoms with E-state index in [9.17, 15) is 4.39 Å². The van der Waals surface area contributed by atoms with Crippen LogP contribution in [0.5, 0.6) is 5.75 Å². The van der Waals surface area contributed by atoms with E-state index in [0.29, 0.717) is 18.9 Å². The highest BCUT2D eigenvalue weighted by Crippen LogP contribution is 2.26. The highest BCUT2D eigenvalue weighted by atomic mass is 19.1. The number of anilines is 1. The highest BCUT2D eigenvalue weighted by Gasteiger charge is 2.07. The van der Waals surface area contributed by atoms with Gasteiger partial charge in [-0.05, 0) is 37.6 Å². The van der Waals surface area contributed by atoms with Crippen molar-refractivity contribution in [2.75, 3.05) is 11.9 Å². The van der Waals surface area contributed by atoms with Crippen LogP contribution in [-0.4, -0.2) is 6.61 Å². The van der Waals surface area contributed by atoms with Crippen LogP contribution < -0.4 is 10.1 Å². The van der Waals surface area contributed by atoms with E-state index >= 15 is 0 Å². The maximum Gasteiger partial charge on any atom is 0.145 e. The molecule has 1 heterocycles. The van der Waals surface area contributed by atoms with Gasteiger partial charge in [0.05, 0.1) is 25.1 Å². The highest BCUT2D eigenvalue weighted by molar-refractivity contribution is 5.56. The monoisotopic (exact) mass is 249 g/mol. The summed E-state index contributed by atoms with van der Waals surface area (Å²) < 4.78 is 23.8. The number of benzene rings is 1. The molecule has 0 radical (unpaired) electrons. The standard InChI is InChI=1S/C14H16FNO2/c1-3-17-13-8-11(15)4-5-12(13)16-9-14-10(2)6-7-18-14/h4-8,16H,3,9H2,1-2H3. The lowest BCUT2D eigenvalue weighted by atomic mass is 10.2. The lowest BCUT2D eigenvalue weighted by Gasteiger charge is -2.11. The van der Waals surface area contributed by atoms with E-state index in [-0.39, 0.29) is 5.82 Å². The molecule has 18 heavy (non-hydrogen) atoms. The van der Waals surface area contributed by atoms with Gasteiger partial charge >= 0.3 is 0 Å². The second kappa shape index (κ2) is 5.58. The van der Waals surface area contributed by atoms with Crippen molar-refractivity contribution in [3.05, 3.63) is 47.7 Å². The topological polar surface area (TPSA) is 34.4 Å². The van der Waals surface area contributed by atoms with Gasteiger partial charge in [-0.2, -0.15) is 0 Å². The molecule has 2 rings (SSSR count). The molecule has 0 spiro atoms. The minimum atomic E-state index is -0.307. The molecule has 0 amide bonds. The average molecular weight is 249 g/mol. The summed E-state index contributed by atoms with van der Waals surface area (Å²) in [7, 11) is 0. The number of rotatable bonds is 5. The summed E-state index contributed by atoms with van der Waals surface area (Å²) in [6, 6.07) is 6.35. The predicted molar refractivity (Wildman–Crippen MR) is 68.3 cm³/mol. The van der Waals surface area contributed by atoms with Crippen molar-refractivity contribution in [2.45, 2.75) is 20.4 Å². The van der Waals surface area contributed by atoms with E-state index in [1.165, 1.54) is 12.1 Å². The molecule has 2 aromatic rings. The summed E-state index contributed by atoms with van der Waals surface area (Å²) in [5.41, 5.74) is 1.84. The van der Waals surface area contributed by atoms with E-state index in [0.717, 1.165) is 17.0 Å². The molecule has 4 heteroatoms. The Kier molecular flexibility index (Phi) is 3.87. The number of furan rings is 1. The maximum atomic E-state index is 13.1. The van der Waals surface area contributed by atoms with Crippen LogP contribution in [0.1, 0.15) is 18.2 Å². The molecule has 0 saturated carbocycles. The average Bonchev–Trinajstić information content (AvgIpc) is 2.74. The van der Waals surface area contributed by atoms with Gasteiger partial charge in [0.2, 0.25) is 0 Å². The Balaban J connectivity index is 2.11. The van der Waals surface area contributed by atoms with Crippen molar-refractivity contribution in [1.29, 1.82) is 0 Å². The van der Waals surface area contributed by atoms with Crippen LogP contribution in [0.3, 0.4) is 0 Å². The zero-order valence-electron chi connectivity index (χ0n) is 10.5. The number of ether oxygens (including phenoxy) is 1. The summed E-state index contributed by atoms with van der Waals surface area (Å²) in [6.45, 7) is 4.89. The maximum absolute atomic E-state index is 13.1. The van der Waals surface area contributed by atoms with Crippen LogP contribution in [-0.2, 0) is 6.54 Å². The summed E-state index contributed by atoms with van der Waals surface area (Å²) in [5.74, 6) is 1.07. The van der Waals surface area contributed by atoms with Crippen molar-refractivity contribution in [2.24, 2.45) is 0 Å². The molecular formula is C14H16FNO2. The van der Waals surface area contributed by atoms with Crippen LogP contribution in [0, 0.1) is 12.7 Å². The van der Waals surface area contributed by atoms with Gasteiger partial charge in [-0.3, -0.25) is 0 Å². The Bertz CT molecular complexity index is 522. The lowest BCUT2D eigenvalue weighted by Crippen LogP contribution is -2.03. The van der Waals surface area contributed by atoms with Crippen LogP contribution in [0.2, 0.25) is 0 Å². The molecule has 0 unspecified atom stereocenters. The largest absolute Gasteiger partial charge is 0.492 e. The molecule has 3 nitrogen and oxygen atoms in total. The Morgan fingerprint density at radius 3 is 2.83 bits per heavy atom. The van der Waals surface area contributed by atoms with E-state index < -0.39 is 0 Å². The van der Waals surface area contributed by atoms with Gasteiger partial charge in [0, 0.05) is 6.07 Å². The molecule has 96 valence electrons. The second-order valence-electron chi connectivity index (χ2n) is 3.95. The quantitative estimate of drug-likeness (QED) is 0.876. The van der Waals surface area contributed by atoms with E-state index in [1.54, 1.807) is 12.3 Å². The molecule has 0 aliphatic rings. The zero-order chi connectivity index (χ0) is 13.0. The van der Waals surface area contributed by atoms with Crippen LogP contribution in [0.4, 0.5) is 10.1 Å². The Morgan fingerprint density at radius 1 is 1.33 bits per heavy atom. The fourth-order valence-corrected chi connectivity index (χ4v) is 1.68. The SMILES string of the molecule is CCOc1cc(F)ccc1NCc1occc1C. The molecular weight excluding hydrogens is 233 g/mol. The first kappa shape index (κ1) is 12.5. The van der Waals surface area contributed by atoms with Crippen LogP contribution in [0.15, 0.2) is 34.9 Å². The normalized spacial score (nSPS) is 10.4. The molecule has 0 fully saturated rings. The predicted octanol–water partition coefficient (Wildman–Crippen LogP) is 3.74. The van der Waals surface area contributed by atoms with Gasteiger partial charge in [0.15, 0.2) is 0 Å². The summed E-state index contributed by atoms with van der Waals surface area (Å²) in [4.78, 5) is 0.